The largest absolute Gasteiger partial charge is 0.504 e. The third-order valence-electron chi connectivity index (χ3n) is 4.99. The smallest absolute Gasteiger partial charge is 0.312 e. The third-order valence-corrected chi connectivity index (χ3v) is 4.99. The molecular weight excluding hydrogens is 376 g/mol. The second kappa shape index (κ2) is 6.27. The number of furan rings is 1. The Hall–Kier alpha value is -4.00. The van der Waals surface area contributed by atoms with Crippen molar-refractivity contribution in [2.75, 3.05) is 0 Å². The Morgan fingerprint density at radius 3 is 2.48 bits per heavy atom. The number of hydrogen-bond donors (Lipinski definition) is 2. The molecule has 4 aromatic rings. The van der Waals surface area contributed by atoms with Crippen LogP contribution in [-0.4, -0.2) is 16.2 Å². The molecule has 0 aliphatic carbocycles. The predicted octanol–water partition coefficient (Wildman–Crippen LogP) is 3.91. The summed E-state index contributed by atoms with van der Waals surface area (Å²) < 4.78 is 16.7. The molecule has 0 spiro atoms. The number of aromatic hydroxyl groups is 2. The fourth-order valence-electron chi connectivity index (χ4n) is 3.69. The number of rotatable bonds is 2. The summed E-state index contributed by atoms with van der Waals surface area (Å²) >= 11 is 0. The highest BCUT2D eigenvalue weighted by atomic mass is 16.5. The number of esters is 1. The van der Waals surface area contributed by atoms with E-state index in [9.17, 15) is 19.8 Å². The molecule has 0 radical (unpaired) electrons. The Balaban J connectivity index is 1.90. The van der Waals surface area contributed by atoms with E-state index in [0.717, 1.165) is 0 Å². The van der Waals surface area contributed by atoms with E-state index in [1.165, 1.54) is 12.3 Å². The molecule has 2 aromatic heterocycles. The van der Waals surface area contributed by atoms with Gasteiger partial charge in [0.25, 0.3) is 0 Å². The van der Waals surface area contributed by atoms with Crippen molar-refractivity contribution < 1.29 is 28.6 Å². The van der Waals surface area contributed by atoms with Crippen molar-refractivity contribution in [3.63, 3.8) is 0 Å². The summed E-state index contributed by atoms with van der Waals surface area (Å²) in [6.07, 6.45) is 1.39. The third kappa shape index (κ3) is 2.59. The van der Waals surface area contributed by atoms with Gasteiger partial charge in [0.2, 0.25) is 5.75 Å². The average Bonchev–Trinajstić information content (AvgIpc) is 3.26. The molecule has 0 fully saturated rings. The van der Waals surface area contributed by atoms with Crippen molar-refractivity contribution in [3.8, 4) is 28.6 Å². The Morgan fingerprint density at radius 2 is 1.76 bits per heavy atom. The minimum atomic E-state index is -0.694. The van der Waals surface area contributed by atoms with Gasteiger partial charge in [0.15, 0.2) is 16.9 Å². The lowest BCUT2D eigenvalue weighted by Crippen LogP contribution is -2.22. The van der Waals surface area contributed by atoms with Gasteiger partial charge in [-0.05, 0) is 12.1 Å². The molecule has 1 unspecified atom stereocenters. The van der Waals surface area contributed by atoms with Gasteiger partial charge in [-0.1, -0.05) is 30.3 Å². The SMILES string of the molecule is O=C1CC(c2ccco2)c2c(c(O)c(O)c3c(=O)cc(-c4ccccc4)oc23)O1. The lowest BCUT2D eigenvalue weighted by molar-refractivity contribution is -0.135. The van der Waals surface area contributed by atoms with Crippen LogP contribution in [0.2, 0.25) is 0 Å². The van der Waals surface area contributed by atoms with E-state index in [0.29, 0.717) is 11.3 Å². The van der Waals surface area contributed by atoms with E-state index in [1.54, 1.807) is 36.4 Å². The van der Waals surface area contributed by atoms with Crippen molar-refractivity contribution in [3.05, 3.63) is 76.3 Å². The van der Waals surface area contributed by atoms with Gasteiger partial charge in [-0.2, -0.15) is 0 Å². The number of phenolic OH excluding ortho intramolecular Hbond substituents is 2. The van der Waals surface area contributed by atoms with Crippen molar-refractivity contribution in [2.45, 2.75) is 12.3 Å². The van der Waals surface area contributed by atoms with E-state index in [4.69, 9.17) is 13.6 Å². The number of carbonyl (C=O) groups is 1. The number of carbonyl (C=O) groups excluding carboxylic acids is 1. The van der Waals surface area contributed by atoms with Crippen LogP contribution >= 0.6 is 0 Å². The number of phenols is 2. The van der Waals surface area contributed by atoms with Gasteiger partial charge in [-0.3, -0.25) is 9.59 Å². The van der Waals surface area contributed by atoms with Crippen molar-refractivity contribution in [1.29, 1.82) is 0 Å². The molecule has 0 saturated heterocycles. The average molecular weight is 390 g/mol. The molecule has 1 aliphatic rings. The lowest BCUT2D eigenvalue weighted by Gasteiger charge is -2.25. The lowest BCUT2D eigenvalue weighted by atomic mass is 9.88. The number of benzene rings is 2. The zero-order valence-corrected chi connectivity index (χ0v) is 14.9. The maximum Gasteiger partial charge on any atom is 0.312 e. The molecule has 1 aliphatic heterocycles. The molecule has 1 atom stereocenters. The number of fused-ring (bicyclic) bond motifs is 3. The zero-order chi connectivity index (χ0) is 20.1. The highest BCUT2D eigenvalue weighted by Crippen LogP contribution is 2.52. The van der Waals surface area contributed by atoms with Crippen LogP contribution in [0.4, 0.5) is 0 Å². The minimum absolute atomic E-state index is 0.0375. The van der Waals surface area contributed by atoms with Gasteiger partial charge in [0, 0.05) is 11.6 Å². The quantitative estimate of drug-likeness (QED) is 0.303. The monoisotopic (exact) mass is 390 g/mol. The van der Waals surface area contributed by atoms with Crippen LogP contribution in [0.25, 0.3) is 22.3 Å². The molecule has 5 rings (SSSR count). The van der Waals surface area contributed by atoms with E-state index < -0.39 is 28.8 Å². The minimum Gasteiger partial charge on any atom is -0.504 e. The fraction of sp³-hybridized carbons (Fsp3) is 0.0909. The normalized spacial score (nSPS) is 15.9. The van der Waals surface area contributed by atoms with Crippen LogP contribution < -0.4 is 10.2 Å². The highest BCUT2D eigenvalue weighted by Gasteiger charge is 2.37. The van der Waals surface area contributed by atoms with Crippen LogP contribution in [0.3, 0.4) is 0 Å². The summed E-state index contributed by atoms with van der Waals surface area (Å²) in [7, 11) is 0. The summed E-state index contributed by atoms with van der Waals surface area (Å²) in [5.41, 5.74) is 0.446. The van der Waals surface area contributed by atoms with Crippen LogP contribution in [0, 0.1) is 0 Å². The van der Waals surface area contributed by atoms with Gasteiger partial charge in [0.1, 0.15) is 22.5 Å². The highest BCUT2D eigenvalue weighted by molar-refractivity contribution is 5.96. The first kappa shape index (κ1) is 17.1. The summed E-state index contributed by atoms with van der Waals surface area (Å²) in [6, 6.07) is 13.6. The van der Waals surface area contributed by atoms with Gasteiger partial charge >= 0.3 is 5.97 Å². The second-order valence-corrected chi connectivity index (χ2v) is 6.73. The standard InChI is InChI=1S/C22H14O7/c23-13-10-15(11-5-2-1-3-6-11)28-21-17-12(14-7-4-8-27-14)9-16(24)29-22(17)20(26)19(25)18(13)21/h1-8,10,12,25-26H,9H2. The molecule has 29 heavy (non-hydrogen) atoms. The summed E-state index contributed by atoms with van der Waals surface area (Å²) in [4.78, 5) is 25.0. The second-order valence-electron chi connectivity index (χ2n) is 6.73. The summed E-state index contributed by atoms with van der Waals surface area (Å²) in [6.45, 7) is 0. The zero-order valence-electron chi connectivity index (χ0n) is 14.9. The van der Waals surface area contributed by atoms with Gasteiger partial charge < -0.3 is 23.8 Å². The number of ether oxygens (including phenoxy) is 1. The molecule has 2 N–H and O–H groups in total. The molecule has 144 valence electrons. The van der Waals surface area contributed by atoms with E-state index in [2.05, 4.69) is 0 Å². The Morgan fingerprint density at radius 1 is 0.966 bits per heavy atom. The first-order chi connectivity index (χ1) is 14.0. The summed E-state index contributed by atoms with van der Waals surface area (Å²) in [5, 5.41) is 20.7. The first-order valence-electron chi connectivity index (χ1n) is 8.89. The molecule has 2 aromatic carbocycles. The van der Waals surface area contributed by atoms with Crippen LogP contribution in [0.1, 0.15) is 23.7 Å². The topological polar surface area (TPSA) is 110 Å². The number of hydrogen-bond acceptors (Lipinski definition) is 7. The molecule has 7 heteroatoms. The van der Waals surface area contributed by atoms with E-state index in [-0.39, 0.29) is 34.5 Å². The molecule has 0 saturated carbocycles. The van der Waals surface area contributed by atoms with Crippen LogP contribution in [0.5, 0.6) is 17.2 Å². The van der Waals surface area contributed by atoms with E-state index >= 15 is 0 Å². The summed E-state index contributed by atoms with van der Waals surface area (Å²) in [5.74, 6) is -2.13. The first-order valence-corrected chi connectivity index (χ1v) is 8.89. The molecule has 3 heterocycles. The van der Waals surface area contributed by atoms with Gasteiger partial charge in [-0.25, -0.2) is 0 Å². The van der Waals surface area contributed by atoms with Crippen LogP contribution in [-0.2, 0) is 4.79 Å². The predicted molar refractivity (Wildman–Crippen MR) is 102 cm³/mol. The molecule has 0 amide bonds. The molecule has 7 nitrogen and oxygen atoms in total. The maximum atomic E-state index is 12.8. The van der Waals surface area contributed by atoms with Gasteiger partial charge in [0.05, 0.1) is 24.2 Å². The van der Waals surface area contributed by atoms with Crippen LogP contribution in [0.15, 0.2) is 68.4 Å². The maximum absolute atomic E-state index is 12.8. The van der Waals surface area contributed by atoms with Crippen molar-refractivity contribution in [1.82, 2.24) is 0 Å². The molecular formula is C22H14O7. The van der Waals surface area contributed by atoms with Crippen molar-refractivity contribution >= 4 is 16.9 Å². The Kier molecular flexibility index (Phi) is 3.70. The Bertz CT molecular complexity index is 1300. The van der Waals surface area contributed by atoms with E-state index in [1.807, 2.05) is 6.07 Å². The fourth-order valence-corrected chi connectivity index (χ4v) is 3.69. The van der Waals surface area contributed by atoms with Gasteiger partial charge in [-0.15, -0.1) is 0 Å². The Labute approximate surface area is 163 Å². The molecule has 0 bridgehead atoms. The van der Waals surface area contributed by atoms with Crippen molar-refractivity contribution in [2.24, 2.45) is 0 Å².